The van der Waals surface area contributed by atoms with Gasteiger partial charge in [-0.3, -0.25) is 15.2 Å². The quantitative estimate of drug-likeness (QED) is 0.294. The summed E-state index contributed by atoms with van der Waals surface area (Å²) < 4.78 is 0. The van der Waals surface area contributed by atoms with Gasteiger partial charge in [0.15, 0.2) is 0 Å². The van der Waals surface area contributed by atoms with Crippen LogP contribution in [0, 0.1) is 5.41 Å². The van der Waals surface area contributed by atoms with Crippen LogP contribution in [-0.2, 0) is 0 Å². The van der Waals surface area contributed by atoms with Crippen molar-refractivity contribution < 1.29 is 4.79 Å². The third-order valence-electron chi connectivity index (χ3n) is 4.66. The molecule has 10 heteroatoms. The Hall–Kier alpha value is -3.53. The van der Waals surface area contributed by atoms with Gasteiger partial charge < -0.3 is 27.5 Å². The summed E-state index contributed by atoms with van der Waals surface area (Å²) in [5, 5.41) is 17.2. The van der Waals surface area contributed by atoms with Crippen LogP contribution in [-0.4, -0.2) is 40.4 Å². The SMILES string of the molecule is N=C/C=N\Nc1cncc(Nc2nc(N[C@@H]3CCCC[C@@H]3N)ccc2C(N)=O)c1. The zero-order valence-corrected chi connectivity index (χ0v) is 15.9. The molecule has 10 nitrogen and oxygen atoms in total. The van der Waals surface area contributed by atoms with E-state index in [2.05, 4.69) is 31.1 Å². The molecule has 0 radical (unpaired) electrons. The number of anilines is 4. The molecule has 0 saturated heterocycles. The van der Waals surface area contributed by atoms with E-state index in [-0.39, 0.29) is 17.6 Å². The molecule has 0 bridgehead atoms. The number of hydrogen-bond acceptors (Lipinski definition) is 9. The Morgan fingerprint density at radius 1 is 1.24 bits per heavy atom. The molecule has 2 heterocycles. The fraction of sp³-hybridized carbons (Fsp3) is 0.316. The molecule has 1 fully saturated rings. The first-order valence-corrected chi connectivity index (χ1v) is 9.40. The highest BCUT2D eigenvalue weighted by Crippen LogP contribution is 2.25. The number of nitrogens with two attached hydrogens (primary N) is 2. The van der Waals surface area contributed by atoms with Crippen molar-refractivity contribution in [2.24, 2.45) is 16.6 Å². The Balaban J connectivity index is 1.81. The van der Waals surface area contributed by atoms with E-state index in [1.54, 1.807) is 30.6 Å². The molecular formula is C19H25N9O. The van der Waals surface area contributed by atoms with Crippen LogP contribution in [0.4, 0.5) is 23.0 Å². The molecule has 1 aliphatic rings. The summed E-state index contributed by atoms with van der Waals surface area (Å²) >= 11 is 0. The number of aromatic nitrogens is 2. The van der Waals surface area contributed by atoms with Gasteiger partial charge in [0, 0.05) is 18.3 Å². The molecule has 0 aliphatic heterocycles. The molecule has 1 saturated carbocycles. The molecule has 8 N–H and O–H groups in total. The van der Waals surface area contributed by atoms with E-state index < -0.39 is 5.91 Å². The van der Waals surface area contributed by atoms with Gasteiger partial charge in [-0.1, -0.05) is 12.8 Å². The zero-order valence-electron chi connectivity index (χ0n) is 15.9. The highest BCUT2D eigenvalue weighted by molar-refractivity contribution is 6.14. The second-order valence-corrected chi connectivity index (χ2v) is 6.80. The van der Waals surface area contributed by atoms with E-state index in [1.807, 2.05) is 0 Å². The Morgan fingerprint density at radius 3 is 2.79 bits per heavy atom. The van der Waals surface area contributed by atoms with Crippen LogP contribution in [0.25, 0.3) is 0 Å². The van der Waals surface area contributed by atoms with Crippen molar-refractivity contribution in [2.75, 3.05) is 16.1 Å². The van der Waals surface area contributed by atoms with Gasteiger partial charge in [-0.05, 0) is 31.0 Å². The number of nitrogens with zero attached hydrogens (tertiary/aromatic N) is 3. The summed E-state index contributed by atoms with van der Waals surface area (Å²) in [7, 11) is 0. The zero-order chi connectivity index (χ0) is 20.6. The summed E-state index contributed by atoms with van der Waals surface area (Å²) in [6, 6.07) is 5.33. The molecule has 0 spiro atoms. The summed E-state index contributed by atoms with van der Waals surface area (Å²) in [4.78, 5) is 20.5. The van der Waals surface area contributed by atoms with Gasteiger partial charge >= 0.3 is 0 Å². The minimum absolute atomic E-state index is 0.0752. The minimum atomic E-state index is -0.585. The van der Waals surface area contributed by atoms with Gasteiger partial charge in [-0.25, -0.2) is 4.98 Å². The van der Waals surface area contributed by atoms with E-state index in [4.69, 9.17) is 16.9 Å². The molecule has 2 aromatic heterocycles. The number of nitrogens with one attached hydrogen (secondary N) is 4. The van der Waals surface area contributed by atoms with E-state index in [0.29, 0.717) is 23.0 Å². The Morgan fingerprint density at radius 2 is 2.03 bits per heavy atom. The molecule has 0 unspecified atom stereocenters. The number of carbonyl (C=O) groups is 1. The molecule has 1 amide bonds. The number of carbonyl (C=O) groups excluding carboxylic acids is 1. The lowest BCUT2D eigenvalue weighted by Crippen LogP contribution is -2.42. The van der Waals surface area contributed by atoms with Crippen molar-refractivity contribution in [3.05, 3.63) is 36.2 Å². The maximum absolute atomic E-state index is 11.8. The first-order valence-electron chi connectivity index (χ1n) is 9.40. The molecule has 3 rings (SSSR count). The summed E-state index contributed by atoms with van der Waals surface area (Å²) in [6.07, 6.45) is 9.76. The number of rotatable bonds is 8. The number of amides is 1. The first-order chi connectivity index (χ1) is 14.1. The summed E-state index contributed by atoms with van der Waals surface area (Å²) in [5.74, 6) is 0.366. The normalized spacial score (nSPS) is 18.9. The molecule has 2 atom stereocenters. The lowest BCUT2D eigenvalue weighted by Gasteiger charge is -2.29. The predicted molar refractivity (Wildman–Crippen MR) is 115 cm³/mol. The van der Waals surface area contributed by atoms with Crippen LogP contribution in [0.15, 0.2) is 35.7 Å². The minimum Gasteiger partial charge on any atom is -0.366 e. The summed E-state index contributed by atoms with van der Waals surface area (Å²) in [5.41, 5.74) is 16.0. The summed E-state index contributed by atoms with van der Waals surface area (Å²) in [6.45, 7) is 0. The van der Waals surface area contributed by atoms with Crippen molar-refractivity contribution in [3.63, 3.8) is 0 Å². The van der Waals surface area contributed by atoms with Gasteiger partial charge in [0.05, 0.1) is 35.5 Å². The van der Waals surface area contributed by atoms with Gasteiger partial charge in [0.1, 0.15) is 11.6 Å². The van der Waals surface area contributed by atoms with Gasteiger partial charge in [0.2, 0.25) is 0 Å². The van der Waals surface area contributed by atoms with Crippen molar-refractivity contribution in [1.82, 2.24) is 9.97 Å². The second-order valence-electron chi connectivity index (χ2n) is 6.80. The molecule has 2 aromatic rings. The number of primary amides is 1. The van der Waals surface area contributed by atoms with Crippen LogP contribution in [0.1, 0.15) is 36.0 Å². The smallest absolute Gasteiger partial charge is 0.252 e. The average Bonchev–Trinajstić information content (AvgIpc) is 2.70. The monoisotopic (exact) mass is 395 g/mol. The highest BCUT2D eigenvalue weighted by Gasteiger charge is 2.22. The number of hydrazone groups is 1. The van der Waals surface area contributed by atoms with Crippen molar-refractivity contribution in [1.29, 1.82) is 5.41 Å². The Kier molecular flexibility index (Phi) is 6.69. The van der Waals surface area contributed by atoms with Crippen LogP contribution in [0.2, 0.25) is 0 Å². The molecule has 1 aliphatic carbocycles. The number of hydrogen-bond donors (Lipinski definition) is 6. The maximum atomic E-state index is 11.8. The third kappa shape index (κ3) is 5.48. The lowest BCUT2D eigenvalue weighted by atomic mass is 9.91. The topological polar surface area (TPSA) is 167 Å². The standard InChI is InChI=1S/C19H25N9O/c20-7-8-24-28-13-9-12(10-23-11-13)25-19-14(18(22)29)5-6-17(27-19)26-16-4-2-1-3-15(16)21/h5-11,15-16,20,28H,1-4,21H2,(H2,22,29)(H2,25,26,27)/b20-7?,24-8-/t15-,16+/m0/s1. The van der Waals surface area contributed by atoms with Gasteiger partial charge in [-0.15, -0.1) is 0 Å². The van der Waals surface area contributed by atoms with Crippen LogP contribution in [0.5, 0.6) is 0 Å². The van der Waals surface area contributed by atoms with Crippen molar-refractivity contribution >= 4 is 41.3 Å². The Labute approximate surface area is 168 Å². The largest absolute Gasteiger partial charge is 0.366 e. The fourth-order valence-electron chi connectivity index (χ4n) is 3.22. The van der Waals surface area contributed by atoms with Gasteiger partial charge in [0.25, 0.3) is 5.91 Å². The molecule has 152 valence electrons. The molecular weight excluding hydrogens is 370 g/mol. The van der Waals surface area contributed by atoms with Crippen molar-refractivity contribution in [2.45, 2.75) is 37.8 Å². The van der Waals surface area contributed by atoms with Crippen LogP contribution >= 0.6 is 0 Å². The molecule has 29 heavy (non-hydrogen) atoms. The molecule has 0 aromatic carbocycles. The second kappa shape index (κ2) is 9.60. The van der Waals surface area contributed by atoms with Crippen LogP contribution in [0.3, 0.4) is 0 Å². The van der Waals surface area contributed by atoms with E-state index >= 15 is 0 Å². The number of pyridine rings is 2. The van der Waals surface area contributed by atoms with Crippen molar-refractivity contribution in [3.8, 4) is 0 Å². The maximum Gasteiger partial charge on any atom is 0.252 e. The van der Waals surface area contributed by atoms with E-state index in [9.17, 15) is 4.79 Å². The third-order valence-corrected chi connectivity index (χ3v) is 4.66. The first kappa shape index (κ1) is 20.2. The lowest BCUT2D eigenvalue weighted by molar-refractivity contribution is 0.100. The van der Waals surface area contributed by atoms with E-state index in [1.165, 1.54) is 6.21 Å². The predicted octanol–water partition coefficient (Wildman–Crippen LogP) is 2.05. The fourth-order valence-corrected chi connectivity index (χ4v) is 3.22. The average molecular weight is 395 g/mol. The highest BCUT2D eigenvalue weighted by atomic mass is 16.1. The Bertz CT molecular complexity index is 899. The van der Waals surface area contributed by atoms with Crippen LogP contribution < -0.4 is 27.5 Å². The van der Waals surface area contributed by atoms with E-state index in [0.717, 1.165) is 31.9 Å². The van der Waals surface area contributed by atoms with Gasteiger partial charge in [-0.2, -0.15) is 5.10 Å².